The molecule has 8 nitrogen and oxygen atoms in total. The maximum Gasteiger partial charge on any atom is 0.267 e. The molecule has 1 amide bonds. The van der Waals surface area contributed by atoms with Gasteiger partial charge < -0.3 is 14.6 Å². The molecule has 0 saturated heterocycles. The minimum Gasteiger partial charge on any atom is -0.494 e. The van der Waals surface area contributed by atoms with Crippen molar-refractivity contribution in [1.29, 1.82) is 0 Å². The van der Waals surface area contributed by atoms with E-state index in [4.69, 9.17) is 9.26 Å². The summed E-state index contributed by atoms with van der Waals surface area (Å²) in [4.78, 5) is 24.6. The number of rotatable bonds is 6. The van der Waals surface area contributed by atoms with Gasteiger partial charge in [0.25, 0.3) is 5.56 Å². The highest BCUT2D eigenvalue weighted by Crippen LogP contribution is 2.20. The molecule has 1 N–H and O–H groups in total. The molecule has 0 aliphatic carbocycles. The van der Waals surface area contributed by atoms with Crippen LogP contribution in [0.5, 0.6) is 5.75 Å². The topological polar surface area (TPSA) is 99.2 Å². The van der Waals surface area contributed by atoms with Crippen LogP contribution < -0.4 is 15.6 Å². The zero-order valence-electron chi connectivity index (χ0n) is 15.3. The highest BCUT2D eigenvalue weighted by molar-refractivity contribution is 5.92. The Morgan fingerprint density at radius 1 is 1.26 bits per heavy atom. The molecule has 0 bridgehead atoms. The second-order valence-electron chi connectivity index (χ2n) is 5.95. The molecule has 140 valence electrons. The van der Waals surface area contributed by atoms with Crippen molar-refractivity contribution >= 4 is 11.7 Å². The lowest BCUT2D eigenvalue weighted by atomic mass is 10.1. The fraction of sp³-hybridized carbons (Fsp3) is 0.263. The predicted octanol–water partition coefficient (Wildman–Crippen LogP) is 2.81. The van der Waals surface area contributed by atoms with Crippen LogP contribution in [0, 0.1) is 6.92 Å². The minimum atomic E-state index is -0.822. The van der Waals surface area contributed by atoms with Gasteiger partial charge in [-0.2, -0.15) is 5.10 Å². The maximum absolute atomic E-state index is 12.4. The first kappa shape index (κ1) is 18.4. The molecule has 0 aliphatic rings. The molecule has 27 heavy (non-hydrogen) atoms. The summed E-state index contributed by atoms with van der Waals surface area (Å²) in [6.45, 7) is 5.81. The number of amides is 1. The first-order valence-electron chi connectivity index (χ1n) is 8.55. The number of carbonyl (C=O) groups excluding carboxylic acids is 1. The number of ether oxygens (including phenoxy) is 1. The summed E-state index contributed by atoms with van der Waals surface area (Å²) in [6, 6.07) is 11.2. The summed E-state index contributed by atoms with van der Waals surface area (Å²) in [7, 11) is 0. The molecule has 1 atom stereocenters. The molecule has 3 rings (SSSR count). The molecule has 0 radical (unpaired) electrons. The molecule has 0 aliphatic heterocycles. The third-order valence-electron chi connectivity index (χ3n) is 3.91. The lowest BCUT2D eigenvalue weighted by Gasteiger charge is -2.14. The quantitative estimate of drug-likeness (QED) is 0.718. The van der Waals surface area contributed by atoms with Crippen molar-refractivity contribution in [2.24, 2.45) is 0 Å². The van der Waals surface area contributed by atoms with Crippen LogP contribution in [0.4, 0.5) is 5.82 Å². The first-order valence-corrected chi connectivity index (χ1v) is 8.55. The van der Waals surface area contributed by atoms with Crippen molar-refractivity contribution in [2.75, 3.05) is 11.9 Å². The van der Waals surface area contributed by atoms with Crippen LogP contribution in [0.15, 0.2) is 51.8 Å². The molecular formula is C19H20N4O4. The summed E-state index contributed by atoms with van der Waals surface area (Å²) < 4.78 is 11.5. The lowest BCUT2D eigenvalue weighted by molar-refractivity contribution is -0.119. The van der Waals surface area contributed by atoms with Gasteiger partial charge in [-0.25, -0.2) is 4.68 Å². The molecule has 0 saturated carbocycles. The molecular weight excluding hydrogens is 348 g/mol. The van der Waals surface area contributed by atoms with Crippen molar-refractivity contribution in [1.82, 2.24) is 14.9 Å². The Bertz CT molecular complexity index is 991. The van der Waals surface area contributed by atoms with Gasteiger partial charge in [-0.15, -0.1) is 0 Å². The molecule has 2 aromatic heterocycles. The van der Waals surface area contributed by atoms with Gasteiger partial charge in [0.2, 0.25) is 5.91 Å². The van der Waals surface area contributed by atoms with Gasteiger partial charge in [0.1, 0.15) is 17.6 Å². The van der Waals surface area contributed by atoms with Gasteiger partial charge >= 0.3 is 0 Å². The molecule has 3 aromatic rings. The summed E-state index contributed by atoms with van der Waals surface area (Å²) >= 11 is 0. The van der Waals surface area contributed by atoms with Crippen LogP contribution in [0.2, 0.25) is 0 Å². The van der Waals surface area contributed by atoms with Crippen molar-refractivity contribution in [2.45, 2.75) is 26.8 Å². The highest BCUT2D eigenvalue weighted by atomic mass is 16.5. The van der Waals surface area contributed by atoms with Crippen LogP contribution in [-0.2, 0) is 4.79 Å². The highest BCUT2D eigenvalue weighted by Gasteiger charge is 2.19. The summed E-state index contributed by atoms with van der Waals surface area (Å²) in [5.74, 6) is 1.21. The van der Waals surface area contributed by atoms with E-state index in [1.54, 1.807) is 26.0 Å². The van der Waals surface area contributed by atoms with Crippen LogP contribution >= 0.6 is 0 Å². The number of hydrogen-bond acceptors (Lipinski definition) is 6. The average molecular weight is 368 g/mol. The molecule has 2 heterocycles. The van der Waals surface area contributed by atoms with Crippen molar-refractivity contribution < 1.29 is 14.1 Å². The monoisotopic (exact) mass is 368 g/mol. The Hall–Kier alpha value is -3.42. The molecule has 8 heteroatoms. The number of hydrogen-bond donors (Lipinski definition) is 1. The van der Waals surface area contributed by atoms with Crippen molar-refractivity contribution in [3.05, 3.63) is 58.6 Å². The van der Waals surface area contributed by atoms with Gasteiger partial charge in [0.15, 0.2) is 5.82 Å². The van der Waals surface area contributed by atoms with E-state index in [1.807, 2.05) is 31.2 Å². The maximum atomic E-state index is 12.4. The largest absolute Gasteiger partial charge is 0.494 e. The van der Waals surface area contributed by atoms with Crippen LogP contribution in [0.1, 0.15) is 25.6 Å². The van der Waals surface area contributed by atoms with E-state index in [0.29, 0.717) is 23.9 Å². The van der Waals surface area contributed by atoms with E-state index in [9.17, 15) is 9.59 Å². The van der Waals surface area contributed by atoms with E-state index in [1.165, 1.54) is 6.07 Å². The van der Waals surface area contributed by atoms with Crippen molar-refractivity contribution in [3.63, 3.8) is 0 Å². The standard InChI is InChI=1S/C19H20N4O4/c1-4-26-15-7-5-14(6-8-15)16-9-10-18(24)23(21-16)13(3)19(25)20-17-11-12(2)27-22-17/h5-11,13H,4H2,1-3H3,(H,20,22,25). The van der Waals surface area contributed by atoms with Gasteiger partial charge in [0, 0.05) is 17.7 Å². The van der Waals surface area contributed by atoms with Gasteiger partial charge in [-0.1, -0.05) is 5.16 Å². The van der Waals surface area contributed by atoms with E-state index in [2.05, 4.69) is 15.6 Å². The Morgan fingerprint density at radius 3 is 2.63 bits per heavy atom. The average Bonchev–Trinajstić information content (AvgIpc) is 3.07. The normalized spacial score (nSPS) is 11.8. The zero-order chi connectivity index (χ0) is 19.4. The van der Waals surface area contributed by atoms with Gasteiger partial charge in [0.05, 0.1) is 12.3 Å². The third-order valence-corrected chi connectivity index (χ3v) is 3.91. The fourth-order valence-electron chi connectivity index (χ4n) is 2.51. The minimum absolute atomic E-state index is 0.292. The Kier molecular flexibility index (Phi) is 5.35. The number of nitrogens with one attached hydrogen (secondary N) is 1. The van der Waals surface area contributed by atoms with Gasteiger partial charge in [-0.05, 0) is 51.1 Å². The predicted molar refractivity (Wildman–Crippen MR) is 99.7 cm³/mol. The number of nitrogens with zero attached hydrogens (tertiary/aromatic N) is 3. The Labute approximate surface area is 155 Å². The lowest BCUT2D eigenvalue weighted by Crippen LogP contribution is -2.33. The number of anilines is 1. The summed E-state index contributed by atoms with van der Waals surface area (Å²) in [6.07, 6.45) is 0. The first-order chi connectivity index (χ1) is 13.0. The Morgan fingerprint density at radius 2 is 2.00 bits per heavy atom. The van der Waals surface area contributed by atoms with Crippen LogP contribution in [0.25, 0.3) is 11.3 Å². The summed E-state index contributed by atoms with van der Waals surface area (Å²) in [5.41, 5.74) is 1.02. The second-order valence-corrected chi connectivity index (χ2v) is 5.95. The zero-order valence-corrected chi connectivity index (χ0v) is 15.3. The van der Waals surface area contributed by atoms with Crippen molar-refractivity contribution in [3.8, 4) is 17.0 Å². The molecule has 1 aromatic carbocycles. The SMILES string of the molecule is CCOc1ccc(-c2ccc(=O)n(C(C)C(=O)Nc3cc(C)on3)n2)cc1. The second kappa shape index (κ2) is 7.86. The summed E-state index contributed by atoms with van der Waals surface area (Å²) in [5, 5.41) is 10.7. The Balaban J connectivity index is 1.83. The number of benzene rings is 1. The van der Waals surface area contributed by atoms with Gasteiger partial charge in [-0.3, -0.25) is 9.59 Å². The molecule has 0 fully saturated rings. The van der Waals surface area contributed by atoms with E-state index in [0.717, 1.165) is 16.0 Å². The molecule has 0 spiro atoms. The number of carbonyl (C=O) groups is 1. The van der Waals surface area contributed by atoms with Crippen LogP contribution in [0.3, 0.4) is 0 Å². The fourth-order valence-corrected chi connectivity index (χ4v) is 2.51. The number of aryl methyl sites for hydroxylation is 1. The molecule has 1 unspecified atom stereocenters. The smallest absolute Gasteiger partial charge is 0.267 e. The third kappa shape index (κ3) is 4.22. The van der Waals surface area contributed by atoms with E-state index < -0.39 is 11.9 Å². The van der Waals surface area contributed by atoms with E-state index >= 15 is 0 Å². The van der Waals surface area contributed by atoms with Crippen LogP contribution in [-0.4, -0.2) is 27.5 Å². The van der Waals surface area contributed by atoms with E-state index in [-0.39, 0.29) is 5.56 Å². The number of aromatic nitrogens is 3.